The second-order valence-electron chi connectivity index (χ2n) is 4.32. The van der Waals surface area contributed by atoms with Gasteiger partial charge in [-0.2, -0.15) is 13.8 Å². The lowest BCUT2D eigenvalue weighted by Crippen LogP contribution is -2.11. The maximum atomic E-state index is 13.0. The van der Waals surface area contributed by atoms with E-state index >= 15 is 0 Å². The summed E-state index contributed by atoms with van der Waals surface area (Å²) in [4.78, 5) is 3.12. The van der Waals surface area contributed by atoms with Crippen LogP contribution in [0.5, 0.6) is 0 Å². The van der Waals surface area contributed by atoms with Crippen LogP contribution in [0.2, 0.25) is 0 Å². The molecule has 0 radical (unpaired) electrons. The largest absolute Gasteiger partial charge is 0.218 e. The predicted octanol–water partition coefficient (Wildman–Crippen LogP) is 2.95. The van der Waals surface area contributed by atoms with E-state index in [1.807, 2.05) is 20.8 Å². The Balaban J connectivity index is 2.90. The monoisotopic (exact) mass is 185 g/mol. The van der Waals surface area contributed by atoms with Crippen molar-refractivity contribution in [2.75, 3.05) is 0 Å². The summed E-state index contributed by atoms with van der Waals surface area (Å²) in [5, 5.41) is 0. The van der Waals surface area contributed by atoms with Gasteiger partial charge in [0.25, 0.3) is 0 Å². The Labute approximate surface area is 76.8 Å². The Bertz CT molecular complexity index is 302. The molecule has 0 aliphatic carbocycles. The summed E-state index contributed by atoms with van der Waals surface area (Å²) in [5.74, 6) is -1.47. The molecule has 1 aromatic rings. The summed E-state index contributed by atoms with van der Waals surface area (Å²) in [6, 6.07) is 2.63. The maximum Gasteiger partial charge on any atom is 0.218 e. The van der Waals surface area contributed by atoms with Crippen molar-refractivity contribution in [3.63, 3.8) is 0 Å². The van der Waals surface area contributed by atoms with Gasteiger partial charge in [0.2, 0.25) is 11.9 Å². The Kier molecular flexibility index (Phi) is 2.64. The van der Waals surface area contributed by atoms with E-state index in [0.29, 0.717) is 12.0 Å². The summed E-state index contributed by atoms with van der Waals surface area (Å²) in [6.45, 7) is 5.99. The Hall–Kier alpha value is -0.990. The third-order valence-corrected chi connectivity index (χ3v) is 1.61. The Morgan fingerprint density at radius 2 is 1.85 bits per heavy atom. The molecule has 0 N–H and O–H groups in total. The second kappa shape index (κ2) is 3.40. The molecule has 0 amide bonds. The third-order valence-electron chi connectivity index (χ3n) is 1.61. The van der Waals surface area contributed by atoms with Crippen molar-refractivity contribution in [3.8, 4) is 0 Å². The molecule has 0 saturated heterocycles. The lowest BCUT2D eigenvalue weighted by Gasteiger charge is -2.17. The summed E-state index contributed by atoms with van der Waals surface area (Å²) >= 11 is 0. The van der Waals surface area contributed by atoms with E-state index in [-0.39, 0.29) is 5.41 Å². The molecule has 0 atom stereocenters. The van der Waals surface area contributed by atoms with Crippen molar-refractivity contribution in [2.24, 2.45) is 5.41 Å². The van der Waals surface area contributed by atoms with Crippen molar-refractivity contribution in [1.82, 2.24) is 4.98 Å². The van der Waals surface area contributed by atoms with Crippen molar-refractivity contribution < 1.29 is 8.78 Å². The Morgan fingerprint density at radius 1 is 1.23 bits per heavy atom. The molecule has 0 spiro atoms. The molecule has 1 heterocycles. The van der Waals surface area contributed by atoms with Gasteiger partial charge in [0.15, 0.2) is 0 Å². The molecule has 0 aliphatic rings. The molecular formula is C10H13F2N. The van der Waals surface area contributed by atoms with E-state index < -0.39 is 11.9 Å². The van der Waals surface area contributed by atoms with Crippen molar-refractivity contribution in [1.29, 1.82) is 0 Å². The van der Waals surface area contributed by atoms with Gasteiger partial charge in [0.05, 0.1) is 0 Å². The van der Waals surface area contributed by atoms with Gasteiger partial charge in [-0.15, -0.1) is 0 Å². The van der Waals surface area contributed by atoms with Crippen LogP contribution in [0.4, 0.5) is 8.78 Å². The number of hydrogen-bond donors (Lipinski definition) is 0. The van der Waals surface area contributed by atoms with E-state index in [4.69, 9.17) is 0 Å². The van der Waals surface area contributed by atoms with E-state index in [0.717, 1.165) is 0 Å². The van der Waals surface area contributed by atoms with Crippen LogP contribution in [0.1, 0.15) is 26.3 Å². The fourth-order valence-electron chi connectivity index (χ4n) is 1.14. The smallest absolute Gasteiger partial charge is 0.190 e. The standard InChI is InChI=1S/C10H13F2N/c1-10(2,3)6-7-4-5-8(11)13-9(7)12/h4-5H,6H2,1-3H3. The lowest BCUT2D eigenvalue weighted by atomic mass is 9.89. The SMILES string of the molecule is CC(C)(C)Cc1ccc(F)nc1F. The number of aromatic nitrogens is 1. The minimum atomic E-state index is -0.768. The normalized spacial score (nSPS) is 11.8. The zero-order chi connectivity index (χ0) is 10.1. The van der Waals surface area contributed by atoms with Gasteiger partial charge >= 0.3 is 0 Å². The van der Waals surface area contributed by atoms with Gasteiger partial charge in [-0.1, -0.05) is 20.8 Å². The summed E-state index contributed by atoms with van der Waals surface area (Å²) in [7, 11) is 0. The highest BCUT2D eigenvalue weighted by Gasteiger charge is 2.15. The molecule has 0 bridgehead atoms. The van der Waals surface area contributed by atoms with Crippen molar-refractivity contribution in [3.05, 3.63) is 29.6 Å². The molecule has 0 aromatic carbocycles. The molecule has 1 nitrogen and oxygen atoms in total. The highest BCUT2D eigenvalue weighted by molar-refractivity contribution is 5.13. The summed E-state index contributed by atoms with van der Waals surface area (Å²) in [6.07, 6.45) is 0.562. The quantitative estimate of drug-likeness (QED) is 0.613. The van der Waals surface area contributed by atoms with Gasteiger partial charge in [-0.05, 0) is 24.0 Å². The highest BCUT2D eigenvalue weighted by atomic mass is 19.1. The first-order valence-corrected chi connectivity index (χ1v) is 4.19. The topological polar surface area (TPSA) is 12.9 Å². The van der Waals surface area contributed by atoms with Crippen LogP contribution < -0.4 is 0 Å². The fourth-order valence-corrected chi connectivity index (χ4v) is 1.14. The molecule has 0 aliphatic heterocycles. The van der Waals surface area contributed by atoms with Gasteiger partial charge in [0.1, 0.15) is 0 Å². The molecule has 0 saturated carbocycles. The van der Waals surface area contributed by atoms with Crippen LogP contribution in [-0.2, 0) is 6.42 Å². The molecule has 1 rings (SSSR count). The second-order valence-corrected chi connectivity index (χ2v) is 4.32. The van der Waals surface area contributed by atoms with Crippen LogP contribution in [0, 0.1) is 17.3 Å². The van der Waals surface area contributed by atoms with E-state index in [1.54, 1.807) is 0 Å². The van der Waals surface area contributed by atoms with Crippen molar-refractivity contribution in [2.45, 2.75) is 27.2 Å². The number of nitrogens with zero attached hydrogens (tertiary/aromatic N) is 1. The van der Waals surface area contributed by atoms with E-state index in [9.17, 15) is 8.78 Å². The number of halogens is 2. The molecule has 1 aromatic heterocycles. The zero-order valence-corrected chi connectivity index (χ0v) is 8.06. The van der Waals surface area contributed by atoms with Crippen LogP contribution in [0.3, 0.4) is 0 Å². The molecule has 3 heteroatoms. The fraction of sp³-hybridized carbons (Fsp3) is 0.500. The van der Waals surface area contributed by atoms with Gasteiger partial charge < -0.3 is 0 Å². The van der Waals surface area contributed by atoms with Gasteiger partial charge in [-0.3, -0.25) is 0 Å². The molecule has 0 fully saturated rings. The number of pyridine rings is 1. The third kappa shape index (κ3) is 3.09. The first-order chi connectivity index (χ1) is 5.88. The van der Waals surface area contributed by atoms with Gasteiger partial charge in [0, 0.05) is 5.56 Å². The van der Waals surface area contributed by atoms with E-state index in [1.165, 1.54) is 12.1 Å². The molecule has 13 heavy (non-hydrogen) atoms. The number of rotatable bonds is 1. The minimum absolute atomic E-state index is 0.0135. The first kappa shape index (κ1) is 10.1. The highest BCUT2D eigenvalue weighted by Crippen LogP contribution is 2.21. The average molecular weight is 185 g/mol. The number of hydrogen-bond acceptors (Lipinski definition) is 1. The summed E-state index contributed by atoms with van der Waals surface area (Å²) < 4.78 is 25.5. The maximum absolute atomic E-state index is 13.0. The molecule has 0 unspecified atom stereocenters. The average Bonchev–Trinajstić information content (AvgIpc) is 1.93. The van der Waals surface area contributed by atoms with E-state index in [2.05, 4.69) is 4.98 Å². The Morgan fingerprint density at radius 3 is 2.31 bits per heavy atom. The van der Waals surface area contributed by atoms with Crippen LogP contribution in [-0.4, -0.2) is 4.98 Å². The first-order valence-electron chi connectivity index (χ1n) is 4.19. The molecule has 72 valence electrons. The minimum Gasteiger partial charge on any atom is -0.190 e. The predicted molar refractivity (Wildman–Crippen MR) is 47.3 cm³/mol. The van der Waals surface area contributed by atoms with Crippen LogP contribution in [0.15, 0.2) is 12.1 Å². The molecular weight excluding hydrogens is 172 g/mol. The van der Waals surface area contributed by atoms with Crippen molar-refractivity contribution >= 4 is 0 Å². The lowest BCUT2D eigenvalue weighted by molar-refractivity contribution is 0.394. The van der Waals surface area contributed by atoms with Crippen LogP contribution >= 0.6 is 0 Å². The zero-order valence-electron chi connectivity index (χ0n) is 8.06. The van der Waals surface area contributed by atoms with Gasteiger partial charge in [-0.25, -0.2) is 0 Å². The summed E-state index contributed by atoms with van der Waals surface area (Å²) in [5.41, 5.74) is 0.453. The van der Waals surface area contributed by atoms with Crippen LogP contribution in [0.25, 0.3) is 0 Å².